The second-order valence-electron chi connectivity index (χ2n) is 6.02. The number of nitrogens with zero attached hydrogens (tertiary/aromatic N) is 2. The molecular weight excluding hydrogens is 443 g/mol. The van der Waals surface area contributed by atoms with E-state index in [9.17, 15) is 18.0 Å². The van der Waals surface area contributed by atoms with E-state index in [0.717, 1.165) is 23.9 Å². The molecule has 0 aliphatic rings. The minimum Gasteiger partial charge on any atom is -0.496 e. The van der Waals surface area contributed by atoms with Crippen molar-refractivity contribution in [1.82, 2.24) is 10.2 Å². The molecule has 1 N–H and O–H groups in total. The number of rotatable bonds is 6. The molecule has 6 nitrogen and oxygen atoms in total. The van der Waals surface area contributed by atoms with E-state index in [2.05, 4.69) is 15.5 Å². The highest BCUT2D eigenvalue weighted by Crippen LogP contribution is 2.36. The largest absolute Gasteiger partial charge is 0.496 e. The molecule has 1 unspecified atom stereocenters. The molecule has 1 heterocycles. The van der Waals surface area contributed by atoms with E-state index in [1.807, 2.05) is 0 Å². The summed E-state index contributed by atoms with van der Waals surface area (Å²) < 4.78 is 49.7. The number of nitrogens with one attached hydrogen (secondary N) is 1. The number of anilines is 1. The van der Waals surface area contributed by atoms with Crippen molar-refractivity contribution in [2.75, 3.05) is 12.4 Å². The number of benzene rings is 2. The maximum Gasteiger partial charge on any atom is 0.417 e. The van der Waals surface area contributed by atoms with Crippen LogP contribution in [0, 0.1) is 0 Å². The van der Waals surface area contributed by atoms with Gasteiger partial charge in [-0.05, 0) is 37.3 Å². The highest BCUT2D eigenvalue weighted by Gasteiger charge is 2.33. The summed E-state index contributed by atoms with van der Waals surface area (Å²) in [5, 5.41) is 9.24. The zero-order valence-electron chi connectivity index (χ0n) is 15.7. The predicted molar refractivity (Wildman–Crippen MR) is 107 cm³/mol. The highest BCUT2D eigenvalue weighted by atomic mass is 35.5. The van der Waals surface area contributed by atoms with Gasteiger partial charge >= 0.3 is 6.18 Å². The number of amides is 1. The summed E-state index contributed by atoms with van der Waals surface area (Å²) in [6.45, 7) is 1.56. The number of hydrogen-bond donors (Lipinski definition) is 1. The number of halogens is 4. The van der Waals surface area contributed by atoms with Crippen molar-refractivity contribution in [3.63, 3.8) is 0 Å². The molecule has 0 saturated carbocycles. The van der Waals surface area contributed by atoms with Crippen molar-refractivity contribution in [3.05, 3.63) is 53.1 Å². The first-order valence-corrected chi connectivity index (χ1v) is 9.76. The van der Waals surface area contributed by atoms with E-state index in [1.54, 1.807) is 31.2 Å². The molecule has 1 atom stereocenters. The third-order valence-corrected chi connectivity index (χ3v) is 5.19. The van der Waals surface area contributed by atoms with Crippen molar-refractivity contribution in [3.8, 4) is 17.2 Å². The number of methoxy groups -OCH3 is 1. The number of carbonyl (C=O) groups excluding carboxylic acids is 1. The van der Waals surface area contributed by atoms with Crippen molar-refractivity contribution >= 4 is 35.0 Å². The van der Waals surface area contributed by atoms with Gasteiger partial charge in [0.05, 0.1) is 28.5 Å². The van der Waals surface area contributed by atoms with Crippen LogP contribution in [0.3, 0.4) is 0 Å². The Kier molecular flexibility index (Phi) is 6.57. The van der Waals surface area contributed by atoms with Crippen LogP contribution >= 0.6 is 23.4 Å². The van der Waals surface area contributed by atoms with Gasteiger partial charge in [0.15, 0.2) is 0 Å². The van der Waals surface area contributed by atoms with Crippen LogP contribution in [0.1, 0.15) is 12.5 Å². The Balaban J connectivity index is 1.69. The molecule has 2 aromatic carbocycles. The summed E-state index contributed by atoms with van der Waals surface area (Å²) >= 11 is 6.56. The number of para-hydroxylation sites is 1. The Morgan fingerprint density at radius 1 is 1.23 bits per heavy atom. The predicted octanol–water partition coefficient (Wildman–Crippen LogP) is 5.54. The summed E-state index contributed by atoms with van der Waals surface area (Å²) in [5.74, 6) is 0.231. The van der Waals surface area contributed by atoms with Crippen LogP contribution in [0.5, 0.6) is 5.75 Å². The molecule has 30 heavy (non-hydrogen) atoms. The first-order valence-electron chi connectivity index (χ1n) is 8.50. The van der Waals surface area contributed by atoms with Crippen molar-refractivity contribution < 1.29 is 27.1 Å². The molecule has 0 aliphatic heterocycles. The van der Waals surface area contributed by atoms with Gasteiger partial charge in [-0.2, -0.15) is 13.2 Å². The second kappa shape index (κ2) is 8.97. The SMILES string of the molecule is COc1ccccc1-c1nnc(SC(C)C(=O)Nc2ccc(Cl)c(C(F)(F)F)c2)o1. The number of ether oxygens (including phenoxy) is 1. The summed E-state index contributed by atoms with van der Waals surface area (Å²) in [6, 6.07) is 10.2. The lowest BCUT2D eigenvalue weighted by molar-refractivity contribution is -0.137. The molecule has 0 saturated heterocycles. The molecular formula is C19H15ClF3N3O3S. The molecule has 1 amide bonds. The fourth-order valence-corrected chi connectivity index (χ4v) is 3.36. The van der Waals surface area contributed by atoms with E-state index in [0.29, 0.717) is 11.3 Å². The normalized spacial score (nSPS) is 12.5. The molecule has 0 spiro atoms. The number of alkyl halides is 3. The first kappa shape index (κ1) is 22.0. The molecule has 11 heteroatoms. The van der Waals surface area contributed by atoms with Crippen LogP contribution in [0.25, 0.3) is 11.5 Å². The molecule has 3 rings (SSSR count). The smallest absolute Gasteiger partial charge is 0.417 e. The Morgan fingerprint density at radius 2 is 1.97 bits per heavy atom. The van der Waals surface area contributed by atoms with Gasteiger partial charge in [0, 0.05) is 5.69 Å². The Bertz CT molecular complexity index is 1060. The van der Waals surface area contributed by atoms with Crippen molar-refractivity contribution in [1.29, 1.82) is 0 Å². The van der Waals surface area contributed by atoms with Gasteiger partial charge in [-0.3, -0.25) is 4.79 Å². The third kappa shape index (κ3) is 5.06. The number of carbonyl (C=O) groups is 1. The van der Waals surface area contributed by atoms with E-state index >= 15 is 0 Å². The quantitative estimate of drug-likeness (QED) is 0.490. The number of aromatic nitrogens is 2. The van der Waals surface area contributed by atoms with Gasteiger partial charge in [0.1, 0.15) is 5.75 Å². The van der Waals surface area contributed by atoms with Crippen molar-refractivity contribution in [2.45, 2.75) is 23.6 Å². The van der Waals surface area contributed by atoms with Crippen LogP contribution < -0.4 is 10.1 Å². The summed E-state index contributed by atoms with van der Waals surface area (Å²) in [7, 11) is 1.51. The summed E-state index contributed by atoms with van der Waals surface area (Å²) in [5.41, 5.74) is -0.456. The zero-order valence-corrected chi connectivity index (χ0v) is 17.2. The monoisotopic (exact) mass is 457 g/mol. The summed E-state index contributed by atoms with van der Waals surface area (Å²) in [4.78, 5) is 12.4. The van der Waals surface area contributed by atoms with Gasteiger partial charge in [0.2, 0.25) is 5.91 Å². The fourth-order valence-electron chi connectivity index (χ4n) is 2.46. The van der Waals surface area contributed by atoms with Gasteiger partial charge in [0.25, 0.3) is 11.1 Å². The molecule has 0 bridgehead atoms. The van der Waals surface area contributed by atoms with Gasteiger partial charge in [-0.1, -0.05) is 35.5 Å². The van der Waals surface area contributed by atoms with E-state index in [-0.39, 0.29) is 16.8 Å². The molecule has 3 aromatic rings. The molecule has 0 aliphatic carbocycles. The van der Waals surface area contributed by atoms with Crippen LogP contribution in [0.4, 0.5) is 18.9 Å². The minimum absolute atomic E-state index is 0.0237. The standard InChI is InChI=1S/C19H15ClF3N3O3S/c1-10(16(27)24-11-7-8-14(20)13(9-11)19(21,22)23)30-18-26-25-17(29-18)12-5-3-4-6-15(12)28-2/h3-10H,1-2H3,(H,24,27). The minimum atomic E-state index is -4.63. The maximum absolute atomic E-state index is 13.0. The Labute approximate surface area is 178 Å². The number of thioether (sulfide) groups is 1. The summed E-state index contributed by atoms with van der Waals surface area (Å²) in [6.07, 6.45) is -4.63. The number of hydrogen-bond acceptors (Lipinski definition) is 6. The van der Waals surface area contributed by atoms with Crippen LogP contribution in [0.2, 0.25) is 5.02 Å². The van der Waals surface area contributed by atoms with Gasteiger partial charge in [-0.25, -0.2) is 0 Å². The van der Waals surface area contributed by atoms with Gasteiger partial charge < -0.3 is 14.5 Å². The highest BCUT2D eigenvalue weighted by molar-refractivity contribution is 8.00. The van der Waals surface area contributed by atoms with Crippen LogP contribution in [0.15, 0.2) is 52.1 Å². The topological polar surface area (TPSA) is 77.2 Å². The lowest BCUT2D eigenvalue weighted by Gasteiger charge is -2.13. The average molecular weight is 458 g/mol. The lowest BCUT2D eigenvalue weighted by atomic mass is 10.2. The van der Waals surface area contributed by atoms with E-state index < -0.39 is 27.9 Å². The maximum atomic E-state index is 13.0. The molecule has 0 fully saturated rings. The Morgan fingerprint density at radius 3 is 2.67 bits per heavy atom. The van der Waals surface area contributed by atoms with Gasteiger partial charge in [-0.15, -0.1) is 10.2 Å². The second-order valence-corrected chi connectivity index (χ2v) is 7.71. The average Bonchev–Trinajstić information content (AvgIpc) is 3.16. The van der Waals surface area contributed by atoms with Crippen LogP contribution in [-0.4, -0.2) is 28.5 Å². The Hall–Kier alpha value is -2.72. The van der Waals surface area contributed by atoms with Crippen molar-refractivity contribution in [2.24, 2.45) is 0 Å². The first-order chi connectivity index (χ1) is 14.2. The fraction of sp³-hybridized carbons (Fsp3) is 0.211. The lowest BCUT2D eigenvalue weighted by Crippen LogP contribution is -2.22. The molecule has 1 aromatic heterocycles. The van der Waals surface area contributed by atoms with Crippen LogP contribution in [-0.2, 0) is 11.0 Å². The third-order valence-electron chi connectivity index (χ3n) is 3.93. The zero-order chi connectivity index (χ0) is 21.9. The van der Waals surface area contributed by atoms with E-state index in [4.69, 9.17) is 20.8 Å². The molecule has 0 radical (unpaired) electrons. The molecule has 158 valence electrons. The van der Waals surface area contributed by atoms with E-state index in [1.165, 1.54) is 13.2 Å².